The number of rotatable bonds is 13. The number of hydrogen-bond acceptors (Lipinski definition) is 5. The molecule has 2 aliphatic rings. The lowest BCUT2D eigenvalue weighted by molar-refractivity contribution is -0.139. The molecule has 6 heteroatoms. The van der Waals surface area contributed by atoms with Gasteiger partial charge in [0, 0.05) is 5.92 Å². The summed E-state index contributed by atoms with van der Waals surface area (Å²) >= 11 is -1.16. The van der Waals surface area contributed by atoms with Gasteiger partial charge in [0.25, 0.3) is 0 Å². The Balaban J connectivity index is 1.77. The van der Waals surface area contributed by atoms with Crippen molar-refractivity contribution in [1.29, 1.82) is 0 Å². The molecule has 0 bridgehead atoms. The fourth-order valence-electron chi connectivity index (χ4n) is 5.40. The summed E-state index contributed by atoms with van der Waals surface area (Å²) in [5, 5.41) is 20.9. The Hall–Kier alpha value is -0.560. The van der Waals surface area contributed by atoms with Gasteiger partial charge in [-0.2, -0.15) is 0 Å². The van der Waals surface area contributed by atoms with Gasteiger partial charge in [-0.15, -0.1) is 0 Å². The second-order valence-corrected chi connectivity index (χ2v) is 11.0. The van der Waals surface area contributed by atoms with Gasteiger partial charge < -0.3 is 19.5 Å². The molecule has 0 spiro atoms. The number of esters is 1. The summed E-state index contributed by atoms with van der Waals surface area (Å²) in [5.41, 5.74) is 0. The van der Waals surface area contributed by atoms with Crippen LogP contribution >= 0.6 is 0 Å². The second-order valence-electron chi connectivity index (χ2n) is 9.46. The maximum absolute atomic E-state index is 12.1. The molecule has 0 heterocycles. The molecular weight excluding hydrogens is 400 g/mol. The Morgan fingerprint density at radius 3 is 2.77 bits per heavy atom. The third-order valence-electron chi connectivity index (χ3n) is 6.92. The van der Waals surface area contributed by atoms with Gasteiger partial charge in [-0.1, -0.05) is 45.3 Å². The standard InChI is InChI=1S/C24H42O5S/c1-4-6-7-17(3)12-20(25)8-9-21-22-14-18(13-19(22)15-23(21)26)10-11-30(28)16-24(27)29-5-2/h8-9,17-23,25-26H,4-7,10-16H2,1-3H3/t17?,18?,19-,20?,21-,22+,23-,30?/m0/s1. The van der Waals surface area contributed by atoms with Crippen molar-refractivity contribution in [3.8, 4) is 0 Å². The molecule has 0 aromatic rings. The Bertz CT molecular complexity index is 540. The molecule has 30 heavy (non-hydrogen) atoms. The zero-order valence-corrected chi connectivity index (χ0v) is 19.8. The third kappa shape index (κ3) is 8.18. The van der Waals surface area contributed by atoms with E-state index in [-0.39, 0.29) is 23.7 Å². The molecule has 4 unspecified atom stereocenters. The molecule has 0 aromatic heterocycles. The van der Waals surface area contributed by atoms with E-state index in [0.29, 0.717) is 36.0 Å². The van der Waals surface area contributed by atoms with Crippen LogP contribution in [0.25, 0.3) is 0 Å². The third-order valence-corrected chi connectivity index (χ3v) is 8.17. The van der Waals surface area contributed by atoms with E-state index in [2.05, 4.69) is 19.9 Å². The molecule has 5 nitrogen and oxygen atoms in total. The Labute approximate surface area is 185 Å². The van der Waals surface area contributed by atoms with Gasteiger partial charge in [0.05, 0.1) is 18.8 Å². The van der Waals surface area contributed by atoms with Crippen LogP contribution in [0.3, 0.4) is 0 Å². The molecule has 2 N–H and O–H groups in total. The highest BCUT2D eigenvalue weighted by Gasteiger charge is 2.46. The van der Waals surface area contributed by atoms with Crippen LogP contribution in [-0.4, -0.2) is 51.1 Å². The zero-order valence-electron chi connectivity index (χ0n) is 19.0. The lowest BCUT2D eigenvalue weighted by atomic mass is 9.89. The molecule has 0 aliphatic heterocycles. The lowest BCUT2D eigenvalue weighted by Gasteiger charge is -2.20. The monoisotopic (exact) mass is 442 g/mol. The summed E-state index contributed by atoms with van der Waals surface area (Å²) in [6.45, 7) is 6.46. The highest BCUT2D eigenvalue weighted by molar-refractivity contribution is 7.92. The van der Waals surface area contributed by atoms with E-state index in [1.807, 2.05) is 6.08 Å². The van der Waals surface area contributed by atoms with Crippen LogP contribution in [0, 0.1) is 29.6 Å². The number of carbonyl (C=O) groups is 1. The molecule has 0 aromatic carbocycles. The highest BCUT2D eigenvalue weighted by atomic mass is 32.2. The Morgan fingerprint density at radius 1 is 1.30 bits per heavy atom. The first-order valence-electron chi connectivity index (χ1n) is 11.9. The normalized spacial score (nSPS) is 31.6. The first kappa shape index (κ1) is 25.7. The maximum Gasteiger partial charge on any atom is 0.356 e. The van der Waals surface area contributed by atoms with Crippen molar-refractivity contribution >= 4 is 17.1 Å². The molecular formula is C24H42O5S. The van der Waals surface area contributed by atoms with Gasteiger partial charge in [0.1, 0.15) is 5.75 Å². The van der Waals surface area contributed by atoms with Crippen molar-refractivity contribution in [3.63, 3.8) is 0 Å². The number of unbranched alkanes of at least 4 members (excludes halogenated alkanes) is 1. The van der Waals surface area contributed by atoms with E-state index in [1.165, 1.54) is 12.8 Å². The number of aliphatic hydroxyl groups is 2. The number of aliphatic hydroxyl groups excluding tert-OH is 2. The van der Waals surface area contributed by atoms with E-state index in [4.69, 9.17) is 4.74 Å². The van der Waals surface area contributed by atoms with E-state index in [1.54, 1.807) is 6.92 Å². The fourth-order valence-corrected chi connectivity index (χ4v) is 6.49. The molecule has 0 radical (unpaired) electrons. The maximum atomic E-state index is 12.1. The second kappa shape index (κ2) is 13.1. The van der Waals surface area contributed by atoms with Crippen LogP contribution in [-0.2, 0) is 20.7 Å². The van der Waals surface area contributed by atoms with Gasteiger partial charge in [-0.25, -0.2) is 4.79 Å². The average molecular weight is 443 g/mol. The summed E-state index contributed by atoms with van der Waals surface area (Å²) in [7, 11) is 0. The van der Waals surface area contributed by atoms with E-state index in [9.17, 15) is 19.6 Å². The smallest absolute Gasteiger partial charge is 0.356 e. The number of ether oxygens (including phenoxy) is 1. The van der Waals surface area contributed by atoms with Gasteiger partial charge in [-0.3, -0.25) is 0 Å². The van der Waals surface area contributed by atoms with Gasteiger partial charge in [-0.05, 0) is 73.9 Å². The predicted octanol–water partition coefficient (Wildman–Crippen LogP) is 3.85. The minimum absolute atomic E-state index is 0.00788. The van der Waals surface area contributed by atoms with E-state index < -0.39 is 17.3 Å². The minimum atomic E-state index is -1.16. The van der Waals surface area contributed by atoms with Crippen LogP contribution in [0.1, 0.15) is 72.1 Å². The van der Waals surface area contributed by atoms with Gasteiger partial charge >= 0.3 is 5.97 Å². The lowest BCUT2D eigenvalue weighted by Crippen LogP contribution is -2.22. The minimum Gasteiger partial charge on any atom is -0.616 e. The van der Waals surface area contributed by atoms with Gasteiger partial charge in [0.2, 0.25) is 5.75 Å². The molecule has 8 atom stereocenters. The topological polar surface area (TPSA) is 89.8 Å². The molecule has 2 aliphatic carbocycles. The molecule has 2 saturated carbocycles. The average Bonchev–Trinajstić information content (AvgIpc) is 3.19. The van der Waals surface area contributed by atoms with Crippen molar-refractivity contribution < 1.29 is 24.3 Å². The summed E-state index contributed by atoms with van der Waals surface area (Å²) in [6, 6.07) is 0. The first-order valence-corrected chi connectivity index (χ1v) is 13.4. The Kier molecular flexibility index (Phi) is 11.2. The van der Waals surface area contributed by atoms with Crippen LogP contribution in [0.2, 0.25) is 0 Å². The van der Waals surface area contributed by atoms with Crippen molar-refractivity contribution in [2.45, 2.75) is 84.3 Å². The predicted molar refractivity (Wildman–Crippen MR) is 121 cm³/mol. The van der Waals surface area contributed by atoms with Crippen molar-refractivity contribution in [1.82, 2.24) is 0 Å². The zero-order chi connectivity index (χ0) is 22.1. The van der Waals surface area contributed by atoms with Gasteiger partial charge in [0.15, 0.2) is 0 Å². The fraction of sp³-hybridized carbons (Fsp3) is 0.875. The highest BCUT2D eigenvalue weighted by Crippen LogP contribution is 2.51. The van der Waals surface area contributed by atoms with Crippen LogP contribution in [0.15, 0.2) is 12.2 Å². The summed E-state index contributed by atoms with van der Waals surface area (Å²) in [5.74, 6) is 2.25. The summed E-state index contributed by atoms with van der Waals surface area (Å²) < 4.78 is 17.0. The van der Waals surface area contributed by atoms with Crippen molar-refractivity contribution in [2.75, 3.05) is 18.1 Å². The molecule has 0 amide bonds. The van der Waals surface area contributed by atoms with Crippen molar-refractivity contribution in [3.05, 3.63) is 12.2 Å². The van der Waals surface area contributed by atoms with E-state index in [0.717, 1.165) is 38.5 Å². The molecule has 2 rings (SSSR count). The van der Waals surface area contributed by atoms with Crippen molar-refractivity contribution in [2.24, 2.45) is 29.6 Å². The number of carbonyl (C=O) groups excluding carboxylic acids is 1. The van der Waals surface area contributed by atoms with Crippen LogP contribution < -0.4 is 0 Å². The molecule has 2 fully saturated rings. The molecule has 0 saturated heterocycles. The van der Waals surface area contributed by atoms with Crippen LogP contribution in [0.5, 0.6) is 0 Å². The summed E-state index contributed by atoms with van der Waals surface area (Å²) in [4.78, 5) is 11.5. The largest absolute Gasteiger partial charge is 0.616 e. The SMILES string of the molecule is CCCCC(C)CC(O)C=C[C@H]1[C@@H]2CC(CC[S+]([O-])CC(=O)OCC)C[C@H]2C[C@@H]1O. The van der Waals surface area contributed by atoms with Crippen LogP contribution in [0.4, 0.5) is 0 Å². The number of fused-ring (bicyclic) bond motifs is 1. The number of hydrogen-bond donors (Lipinski definition) is 2. The summed E-state index contributed by atoms with van der Waals surface area (Å²) in [6.07, 6.45) is 11.3. The first-order chi connectivity index (χ1) is 14.3. The van der Waals surface area contributed by atoms with E-state index >= 15 is 0 Å². The quantitative estimate of drug-likeness (QED) is 0.257. The molecule has 174 valence electrons. The Morgan fingerprint density at radius 2 is 2.07 bits per heavy atom.